The summed E-state index contributed by atoms with van der Waals surface area (Å²) >= 11 is 0. The van der Waals surface area contributed by atoms with E-state index in [9.17, 15) is 4.79 Å². The van der Waals surface area contributed by atoms with Crippen molar-refractivity contribution in [1.29, 1.82) is 0 Å². The van der Waals surface area contributed by atoms with Crippen molar-refractivity contribution in [3.8, 4) is 0 Å². The van der Waals surface area contributed by atoms with Crippen LogP contribution in [0.4, 0.5) is 0 Å². The smallest absolute Gasteiger partial charge is 0.327 e. The first-order valence-corrected chi connectivity index (χ1v) is 4.21. The second-order valence-corrected chi connectivity index (χ2v) is 3.04. The molecule has 1 aliphatic heterocycles. The molecule has 0 radical (unpaired) electrons. The van der Waals surface area contributed by atoms with Gasteiger partial charge in [-0.15, -0.1) is 0 Å². The van der Waals surface area contributed by atoms with Crippen LogP contribution < -0.4 is 0 Å². The van der Waals surface area contributed by atoms with Gasteiger partial charge < -0.3 is 9.47 Å². The van der Waals surface area contributed by atoms with Crippen LogP contribution in [0, 0.1) is 0 Å². The van der Waals surface area contributed by atoms with Crippen LogP contribution in [0.25, 0.3) is 0 Å². The van der Waals surface area contributed by atoms with Crippen molar-refractivity contribution in [2.75, 3.05) is 27.8 Å². The first-order valence-electron chi connectivity index (χ1n) is 4.21. The SMILES string of the molecule is COC(=O)C1C=C(OC)CCN1C. The normalized spacial score (nSPS) is 23.6. The quantitative estimate of drug-likeness (QED) is 0.583. The zero-order chi connectivity index (χ0) is 9.84. The minimum atomic E-state index is -0.298. The van der Waals surface area contributed by atoms with Crippen molar-refractivity contribution < 1.29 is 14.3 Å². The second-order valence-electron chi connectivity index (χ2n) is 3.04. The maximum Gasteiger partial charge on any atom is 0.327 e. The van der Waals surface area contributed by atoms with Gasteiger partial charge in [0.1, 0.15) is 6.04 Å². The molecule has 0 aliphatic carbocycles. The third-order valence-electron chi connectivity index (χ3n) is 2.23. The number of esters is 1. The van der Waals surface area contributed by atoms with Gasteiger partial charge in [0.15, 0.2) is 0 Å². The van der Waals surface area contributed by atoms with E-state index in [0.717, 1.165) is 18.7 Å². The van der Waals surface area contributed by atoms with Gasteiger partial charge in [0.2, 0.25) is 0 Å². The zero-order valence-corrected chi connectivity index (χ0v) is 8.24. The van der Waals surface area contributed by atoms with E-state index < -0.39 is 0 Å². The zero-order valence-electron chi connectivity index (χ0n) is 8.24. The highest BCUT2D eigenvalue weighted by molar-refractivity contribution is 5.78. The maximum atomic E-state index is 11.3. The number of rotatable bonds is 2. The highest BCUT2D eigenvalue weighted by Gasteiger charge is 2.26. The molecule has 1 heterocycles. The molecule has 0 amide bonds. The Hall–Kier alpha value is -1.03. The molecule has 0 saturated carbocycles. The van der Waals surface area contributed by atoms with Crippen LogP contribution in [0.2, 0.25) is 0 Å². The maximum absolute atomic E-state index is 11.3. The van der Waals surface area contributed by atoms with Gasteiger partial charge in [-0.05, 0) is 13.1 Å². The van der Waals surface area contributed by atoms with Gasteiger partial charge in [0.25, 0.3) is 0 Å². The number of ether oxygens (including phenoxy) is 2. The molecule has 1 aliphatic rings. The monoisotopic (exact) mass is 185 g/mol. The van der Waals surface area contributed by atoms with Crippen molar-refractivity contribution in [3.63, 3.8) is 0 Å². The molecule has 0 spiro atoms. The van der Waals surface area contributed by atoms with Crippen LogP contribution in [0.3, 0.4) is 0 Å². The third-order valence-corrected chi connectivity index (χ3v) is 2.23. The van der Waals surface area contributed by atoms with Crippen molar-refractivity contribution >= 4 is 5.97 Å². The van der Waals surface area contributed by atoms with E-state index in [1.165, 1.54) is 7.11 Å². The first kappa shape index (κ1) is 10.1. The molecule has 1 unspecified atom stereocenters. The van der Waals surface area contributed by atoms with E-state index in [0.29, 0.717) is 0 Å². The molecule has 0 aromatic rings. The topological polar surface area (TPSA) is 38.8 Å². The molecular weight excluding hydrogens is 170 g/mol. The van der Waals surface area contributed by atoms with Gasteiger partial charge in [-0.1, -0.05) is 0 Å². The fraction of sp³-hybridized carbons (Fsp3) is 0.667. The fourth-order valence-electron chi connectivity index (χ4n) is 1.35. The summed E-state index contributed by atoms with van der Waals surface area (Å²) in [6.45, 7) is 0.819. The lowest BCUT2D eigenvalue weighted by Gasteiger charge is -2.28. The number of hydrogen-bond acceptors (Lipinski definition) is 4. The highest BCUT2D eigenvalue weighted by atomic mass is 16.5. The van der Waals surface area contributed by atoms with Gasteiger partial charge in [0.05, 0.1) is 20.0 Å². The lowest BCUT2D eigenvalue weighted by atomic mass is 10.1. The molecule has 0 saturated heterocycles. The highest BCUT2D eigenvalue weighted by Crippen LogP contribution is 2.15. The summed E-state index contributed by atoms with van der Waals surface area (Å²) in [5.41, 5.74) is 0. The largest absolute Gasteiger partial charge is 0.501 e. The minimum Gasteiger partial charge on any atom is -0.501 e. The molecule has 4 nitrogen and oxygen atoms in total. The van der Waals surface area contributed by atoms with Crippen molar-refractivity contribution in [1.82, 2.24) is 4.90 Å². The minimum absolute atomic E-state index is 0.239. The van der Waals surface area contributed by atoms with Crippen molar-refractivity contribution in [2.45, 2.75) is 12.5 Å². The van der Waals surface area contributed by atoms with Crippen LogP contribution in [-0.4, -0.2) is 44.7 Å². The standard InChI is InChI=1S/C9H15NO3/c1-10-5-4-7(12-2)6-8(10)9(11)13-3/h6,8H,4-5H2,1-3H3. The Labute approximate surface area is 78.1 Å². The predicted octanol–water partition coefficient (Wildman–Crippen LogP) is 0.394. The van der Waals surface area contributed by atoms with Crippen molar-refractivity contribution in [3.05, 3.63) is 11.8 Å². The predicted molar refractivity (Wildman–Crippen MR) is 48.1 cm³/mol. The van der Waals surface area contributed by atoms with Crippen LogP contribution in [0.1, 0.15) is 6.42 Å². The van der Waals surface area contributed by atoms with E-state index in [1.807, 2.05) is 11.9 Å². The summed E-state index contributed by atoms with van der Waals surface area (Å²) in [5.74, 6) is 0.616. The van der Waals surface area contributed by atoms with Crippen molar-refractivity contribution in [2.24, 2.45) is 0 Å². The second kappa shape index (κ2) is 4.28. The van der Waals surface area contributed by atoms with E-state index in [1.54, 1.807) is 13.2 Å². The van der Waals surface area contributed by atoms with Gasteiger partial charge in [-0.25, -0.2) is 0 Å². The van der Waals surface area contributed by atoms with Crippen LogP contribution in [0.5, 0.6) is 0 Å². The molecule has 0 N–H and O–H groups in total. The third kappa shape index (κ3) is 2.21. The van der Waals surface area contributed by atoms with E-state index >= 15 is 0 Å². The summed E-state index contributed by atoms with van der Waals surface area (Å²) in [6, 6.07) is -0.298. The molecule has 0 bridgehead atoms. The number of carbonyl (C=O) groups excluding carboxylic acids is 1. The summed E-state index contributed by atoms with van der Waals surface area (Å²) in [5, 5.41) is 0. The van der Waals surface area contributed by atoms with Gasteiger partial charge in [-0.2, -0.15) is 0 Å². The van der Waals surface area contributed by atoms with Crippen LogP contribution in [0.15, 0.2) is 11.8 Å². The van der Waals surface area contributed by atoms with E-state index in [-0.39, 0.29) is 12.0 Å². The number of nitrogens with zero attached hydrogens (tertiary/aromatic N) is 1. The molecular formula is C9H15NO3. The van der Waals surface area contributed by atoms with Gasteiger partial charge in [0, 0.05) is 13.0 Å². The average Bonchev–Trinajstić information content (AvgIpc) is 2.17. The first-order chi connectivity index (χ1) is 6.19. The molecule has 1 rings (SSSR count). The number of hydrogen-bond donors (Lipinski definition) is 0. The Bertz CT molecular complexity index is 225. The summed E-state index contributed by atoms with van der Waals surface area (Å²) < 4.78 is 9.76. The Balaban J connectivity index is 2.74. The Kier molecular flexibility index (Phi) is 3.31. The van der Waals surface area contributed by atoms with Crippen LogP contribution in [-0.2, 0) is 14.3 Å². The Morgan fingerprint density at radius 3 is 2.85 bits per heavy atom. The summed E-state index contributed by atoms with van der Waals surface area (Å²) in [6.07, 6.45) is 2.65. The molecule has 74 valence electrons. The lowest BCUT2D eigenvalue weighted by Crippen LogP contribution is -2.41. The van der Waals surface area contributed by atoms with Crippen LogP contribution >= 0.6 is 0 Å². The number of methoxy groups -OCH3 is 2. The fourth-order valence-corrected chi connectivity index (χ4v) is 1.35. The molecule has 13 heavy (non-hydrogen) atoms. The lowest BCUT2D eigenvalue weighted by molar-refractivity contribution is -0.145. The molecule has 0 aromatic carbocycles. The molecule has 1 atom stereocenters. The molecule has 0 fully saturated rings. The molecule has 0 aromatic heterocycles. The molecule has 4 heteroatoms. The Morgan fingerprint density at radius 2 is 2.31 bits per heavy atom. The average molecular weight is 185 g/mol. The van der Waals surface area contributed by atoms with Gasteiger partial charge in [-0.3, -0.25) is 9.69 Å². The number of likely N-dealkylation sites (N-methyl/N-ethyl adjacent to an activating group) is 1. The van der Waals surface area contributed by atoms with Gasteiger partial charge >= 0.3 is 5.97 Å². The summed E-state index contributed by atoms with van der Waals surface area (Å²) in [4.78, 5) is 13.2. The van der Waals surface area contributed by atoms with E-state index in [2.05, 4.69) is 4.74 Å². The summed E-state index contributed by atoms with van der Waals surface area (Å²) in [7, 11) is 4.90. The van der Waals surface area contributed by atoms with E-state index in [4.69, 9.17) is 4.74 Å². The number of carbonyl (C=O) groups is 1. The Morgan fingerprint density at radius 1 is 1.62 bits per heavy atom.